The van der Waals surface area contributed by atoms with E-state index in [4.69, 9.17) is 0 Å². The summed E-state index contributed by atoms with van der Waals surface area (Å²) in [7, 11) is 0. The number of benzene rings is 2. The third-order valence-electron chi connectivity index (χ3n) is 2.67. The van der Waals surface area contributed by atoms with E-state index in [1.54, 1.807) is 0 Å². The van der Waals surface area contributed by atoms with Gasteiger partial charge < -0.3 is 5.32 Å². The van der Waals surface area contributed by atoms with Gasteiger partial charge in [-0.05, 0) is 53.1 Å². The molecule has 0 heterocycles. The van der Waals surface area contributed by atoms with E-state index in [1.807, 2.05) is 0 Å². The van der Waals surface area contributed by atoms with E-state index in [9.17, 15) is 0 Å². The van der Waals surface area contributed by atoms with Crippen molar-refractivity contribution in [2.24, 2.45) is 0 Å². The van der Waals surface area contributed by atoms with Gasteiger partial charge in [0.05, 0.1) is 0 Å². The predicted molar refractivity (Wildman–Crippen MR) is 82.4 cm³/mol. The molecule has 0 radical (unpaired) electrons. The van der Waals surface area contributed by atoms with Crippen LogP contribution in [0.15, 0.2) is 54.6 Å². The van der Waals surface area contributed by atoms with Crippen molar-refractivity contribution in [3.63, 3.8) is 0 Å². The summed E-state index contributed by atoms with van der Waals surface area (Å²) in [6.07, 6.45) is 2.30. The predicted octanol–water partition coefficient (Wildman–Crippen LogP) is 4.34. The molecule has 2 aromatic rings. The fourth-order valence-corrected chi connectivity index (χ4v) is 2.34. The number of hydrogen-bond donors (Lipinski definition) is 1. The summed E-state index contributed by atoms with van der Waals surface area (Å²) >= 11 is 2.36. The minimum absolute atomic E-state index is 1.02. The van der Waals surface area contributed by atoms with Gasteiger partial charge in [-0.15, -0.1) is 0 Å². The van der Waals surface area contributed by atoms with Gasteiger partial charge in [0.1, 0.15) is 0 Å². The average Bonchev–Trinajstić information content (AvgIpc) is 2.38. The average molecular weight is 337 g/mol. The molecule has 0 saturated heterocycles. The fraction of sp³-hybridized carbons (Fsp3) is 0.200. The number of para-hydroxylation sites is 1. The molecule has 2 aromatic carbocycles. The zero-order valence-corrected chi connectivity index (χ0v) is 11.9. The zero-order valence-electron chi connectivity index (χ0n) is 9.70. The molecule has 17 heavy (non-hydrogen) atoms. The monoisotopic (exact) mass is 337 g/mol. The van der Waals surface area contributed by atoms with Crippen LogP contribution in [0.4, 0.5) is 5.69 Å². The topological polar surface area (TPSA) is 12.0 Å². The lowest BCUT2D eigenvalue weighted by molar-refractivity contribution is 0.862. The third kappa shape index (κ3) is 4.04. The highest BCUT2D eigenvalue weighted by molar-refractivity contribution is 14.1. The van der Waals surface area contributed by atoms with Gasteiger partial charge in [0, 0.05) is 15.8 Å². The largest absolute Gasteiger partial charge is 0.384 e. The van der Waals surface area contributed by atoms with Crippen molar-refractivity contribution in [1.29, 1.82) is 0 Å². The molecule has 2 heteroatoms. The molecule has 0 aliphatic carbocycles. The highest BCUT2D eigenvalue weighted by Crippen LogP contribution is 2.16. The van der Waals surface area contributed by atoms with Gasteiger partial charge in [-0.1, -0.05) is 42.5 Å². The first-order valence-corrected chi connectivity index (χ1v) is 6.96. The summed E-state index contributed by atoms with van der Waals surface area (Å²) in [6, 6.07) is 19.0. The van der Waals surface area contributed by atoms with Crippen LogP contribution in [0, 0.1) is 3.57 Å². The first-order valence-electron chi connectivity index (χ1n) is 5.88. The van der Waals surface area contributed by atoms with Crippen LogP contribution in [-0.4, -0.2) is 6.54 Å². The minimum atomic E-state index is 1.02. The van der Waals surface area contributed by atoms with Crippen molar-refractivity contribution < 1.29 is 0 Å². The Hall–Kier alpha value is -1.03. The van der Waals surface area contributed by atoms with E-state index in [0.717, 1.165) is 19.4 Å². The van der Waals surface area contributed by atoms with E-state index >= 15 is 0 Å². The number of aryl methyl sites for hydroxylation is 1. The van der Waals surface area contributed by atoms with E-state index in [0.29, 0.717) is 0 Å². The third-order valence-corrected chi connectivity index (χ3v) is 3.62. The lowest BCUT2D eigenvalue weighted by Gasteiger charge is -2.08. The highest BCUT2D eigenvalue weighted by Gasteiger charge is 1.96. The molecule has 1 N–H and O–H groups in total. The lowest BCUT2D eigenvalue weighted by Crippen LogP contribution is -2.04. The Kier molecular flexibility index (Phi) is 4.86. The molecule has 0 aliphatic rings. The Morgan fingerprint density at radius 3 is 2.35 bits per heavy atom. The van der Waals surface area contributed by atoms with E-state index < -0.39 is 0 Å². The summed E-state index contributed by atoms with van der Waals surface area (Å²) in [4.78, 5) is 0. The lowest BCUT2D eigenvalue weighted by atomic mass is 10.1. The van der Waals surface area contributed by atoms with Crippen LogP contribution >= 0.6 is 22.6 Å². The van der Waals surface area contributed by atoms with Crippen molar-refractivity contribution in [3.8, 4) is 0 Å². The van der Waals surface area contributed by atoms with Crippen LogP contribution in [0.2, 0.25) is 0 Å². The highest BCUT2D eigenvalue weighted by atomic mass is 127. The van der Waals surface area contributed by atoms with Crippen LogP contribution < -0.4 is 5.32 Å². The van der Waals surface area contributed by atoms with Crippen molar-refractivity contribution in [2.45, 2.75) is 12.8 Å². The molecule has 0 saturated carbocycles. The first-order chi connectivity index (χ1) is 8.36. The summed E-state index contributed by atoms with van der Waals surface area (Å²) in [5, 5.41) is 3.48. The second-order valence-electron chi connectivity index (χ2n) is 4.00. The number of hydrogen-bond acceptors (Lipinski definition) is 1. The SMILES string of the molecule is Ic1ccccc1NCCCc1ccccc1. The zero-order chi connectivity index (χ0) is 11.9. The Balaban J connectivity index is 1.76. The molecule has 0 bridgehead atoms. The molecule has 0 aromatic heterocycles. The van der Waals surface area contributed by atoms with Crippen LogP contribution in [-0.2, 0) is 6.42 Å². The van der Waals surface area contributed by atoms with Crippen LogP contribution in [0.1, 0.15) is 12.0 Å². The fourth-order valence-electron chi connectivity index (χ4n) is 1.76. The van der Waals surface area contributed by atoms with Crippen LogP contribution in [0.25, 0.3) is 0 Å². The van der Waals surface area contributed by atoms with Crippen molar-refractivity contribution in [1.82, 2.24) is 0 Å². The van der Waals surface area contributed by atoms with Crippen LogP contribution in [0.3, 0.4) is 0 Å². The van der Waals surface area contributed by atoms with Gasteiger partial charge in [-0.2, -0.15) is 0 Å². The number of rotatable bonds is 5. The van der Waals surface area contributed by atoms with E-state index in [-0.39, 0.29) is 0 Å². The van der Waals surface area contributed by atoms with Gasteiger partial charge >= 0.3 is 0 Å². The quantitative estimate of drug-likeness (QED) is 0.632. The standard InChI is InChI=1S/C15H16IN/c16-14-10-4-5-11-15(14)17-12-6-9-13-7-2-1-3-8-13/h1-5,7-8,10-11,17H,6,9,12H2. The molecule has 0 spiro atoms. The molecular weight excluding hydrogens is 321 g/mol. The number of halogens is 1. The van der Waals surface area contributed by atoms with Gasteiger partial charge in [-0.3, -0.25) is 0 Å². The minimum Gasteiger partial charge on any atom is -0.384 e. The maximum Gasteiger partial charge on any atom is 0.0475 e. The molecule has 0 amide bonds. The Morgan fingerprint density at radius 1 is 0.882 bits per heavy atom. The molecule has 0 atom stereocenters. The Morgan fingerprint density at radius 2 is 1.59 bits per heavy atom. The maximum atomic E-state index is 3.48. The first kappa shape index (κ1) is 12.4. The summed E-state index contributed by atoms with van der Waals surface area (Å²) < 4.78 is 1.28. The summed E-state index contributed by atoms with van der Waals surface area (Å²) in [6.45, 7) is 1.02. The van der Waals surface area contributed by atoms with Crippen molar-refractivity contribution >= 4 is 28.3 Å². The number of nitrogens with one attached hydrogen (secondary N) is 1. The molecule has 0 fully saturated rings. The second-order valence-corrected chi connectivity index (χ2v) is 5.16. The molecular formula is C15H16IN. The molecule has 0 aliphatic heterocycles. The van der Waals surface area contributed by atoms with E-state index in [2.05, 4.69) is 82.5 Å². The maximum absolute atomic E-state index is 3.48. The summed E-state index contributed by atoms with van der Waals surface area (Å²) in [5.41, 5.74) is 2.65. The smallest absolute Gasteiger partial charge is 0.0475 e. The second kappa shape index (κ2) is 6.64. The Labute approximate surface area is 116 Å². The molecule has 0 unspecified atom stereocenters. The molecule has 1 nitrogen and oxygen atoms in total. The van der Waals surface area contributed by atoms with Gasteiger partial charge in [0.25, 0.3) is 0 Å². The molecule has 2 rings (SSSR count). The Bertz CT molecular complexity index is 453. The number of anilines is 1. The summed E-state index contributed by atoms with van der Waals surface area (Å²) in [5.74, 6) is 0. The van der Waals surface area contributed by atoms with Crippen LogP contribution in [0.5, 0.6) is 0 Å². The van der Waals surface area contributed by atoms with Gasteiger partial charge in [0.2, 0.25) is 0 Å². The van der Waals surface area contributed by atoms with Crippen molar-refractivity contribution in [3.05, 3.63) is 63.7 Å². The normalized spacial score (nSPS) is 10.2. The van der Waals surface area contributed by atoms with E-state index in [1.165, 1.54) is 14.8 Å². The van der Waals surface area contributed by atoms with Gasteiger partial charge in [-0.25, -0.2) is 0 Å². The van der Waals surface area contributed by atoms with Gasteiger partial charge in [0.15, 0.2) is 0 Å². The molecule has 88 valence electrons. The van der Waals surface area contributed by atoms with Crippen molar-refractivity contribution in [2.75, 3.05) is 11.9 Å².